The Morgan fingerprint density at radius 3 is 2.71 bits per heavy atom. The molecule has 0 radical (unpaired) electrons. The van der Waals surface area contributed by atoms with Gasteiger partial charge in [0, 0.05) is 34.4 Å². The molecular formula is C22H18Cl2N2O4S. The van der Waals surface area contributed by atoms with Crippen LogP contribution in [0.1, 0.15) is 11.1 Å². The highest BCUT2D eigenvalue weighted by Gasteiger charge is 2.14. The number of benzene rings is 2. The van der Waals surface area contributed by atoms with Crippen LogP contribution in [0, 0.1) is 6.92 Å². The van der Waals surface area contributed by atoms with Gasteiger partial charge in [-0.15, -0.1) is 0 Å². The molecule has 4 rings (SSSR count). The van der Waals surface area contributed by atoms with Crippen molar-refractivity contribution in [3.63, 3.8) is 0 Å². The molecule has 160 valence electrons. The molecule has 6 nitrogen and oxygen atoms in total. The van der Waals surface area contributed by atoms with Gasteiger partial charge in [-0.05, 0) is 48.4 Å². The Kier molecular flexibility index (Phi) is 6.39. The van der Waals surface area contributed by atoms with Crippen LogP contribution in [0.2, 0.25) is 10.0 Å². The fourth-order valence-corrected chi connectivity index (χ4v) is 4.62. The third-order valence-electron chi connectivity index (χ3n) is 4.87. The molecule has 0 fully saturated rings. The van der Waals surface area contributed by atoms with Crippen LogP contribution in [-0.4, -0.2) is 23.3 Å². The van der Waals surface area contributed by atoms with Crippen LogP contribution in [0.5, 0.6) is 0 Å². The number of aromatic nitrogens is 2. The van der Waals surface area contributed by atoms with E-state index in [1.54, 1.807) is 42.0 Å². The summed E-state index contributed by atoms with van der Waals surface area (Å²) in [6.45, 7) is 2.56. The zero-order valence-corrected chi connectivity index (χ0v) is 19.1. The average Bonchev–Trinajstić information content (AvgIpc) is 2.72. The number of halogens is 2. The molecule has 0 unspecified atom stereocenters. The van der Waals surface area contributed by atoms with Crippen LogP contribution in [-0.2, 0) is 17.0 Å². The van der Waals surface area contributed by atoms with Crippen LogP contribution in [0.25, 0.3) is 21.9 Å². The van der Waals surface area contributed by atoms with Gasteiger partial charge in [-0.2, -0.15) is 0 Å². The smallest absolute Gasteiger partial charge is 0.336 e. The SMILES string of the molecule is COCCn1c(SCc2cc(=O)oc3cc(C)c(Cl)cc23)nc2cc(Cl)ccc2c1=O. The summed E-state index contributed by atoms with van der Waals surface area (Å²) in [6, 6.07) is 9.98. The van der Waals surface area contributed by atoms with Crippen molar-refractivity contribution in [2.24, 2.45) is 0 Å². The van der Waals surface area contributed by atoms with E-state index in [2.05, 4.69) is 4.98 Å². The van der Waals surface area contributed by atoms with Gasteiger partial charge >= 0.3 is 5.63 Å². The van der Waals surface area contributed by atoms with Crippen molar-refractivity contribution in [1.82, 2.24) is 9.55 Å². The van der Waals surface area contributed by atoms with Gasteiger partial charge in [0.2, 0.25) is 0 Å². The van der Waals surface area contributed by atoms with E-state index in [-0.39, 0.29) is 5.56 Å². The van der Waals surface area contributed by atoms with E-state index in [4.69, 9.17) is 32.4 Å². The van der Waals surface area contributed by atoms with E-state index in [1.165, 1.54) is 17.8 Å². The van der Waals surface area contributed by atoms with Gasteiger partial charge in [0.1, 0.15) is 5.58 Å². The first-order valence-electron chi connectivity index (χ1n) is 9.42. The summed E-state index contributed by atoms with van der Waals surface area (Å²) >= 11 is 13.7. The quantitative estimate of drug-likeness (QED) is 0.220. The van der Waals surface area contributed by atoms with Crippen molar-refractivity contribution in [3.8, 4) is 0 Å². The van der Waals surface area contributed by atoms with Gasteiger partial charge in [0.25, 0.3) is 5.56 Å². The summed E-state index contributed by atoms with van der Waals surface area (Å²) < 4.78 is 12.1. The molecule has 2 heterocycles. The predicted molar refractivity (Wildman–Crippen MR) is 125 cm³/mol. The third kappa shape index (κ3) is 4.50. The number of hydrogen-bond donors (Lipinski definition) is 0. The fraction of sp³-hybridized carbons (Fsp3) is 0.227. The van der Waals surface area contributed by atoms with Crippen molar-refractivity contribution >= 4 is 56.8 Å². The fourth-order valence-electron chi connectivity index (χ4n) is 3.27. The second kappa shape index (κ2) is 9.04. The van der Waals surface area contributed by atoms with Crippen LogP contribution >= 0.6 is 35.0 Å². The molecule has 2 aromatic carbocycles. The molecule has 31 heavy (non-hydrogen) atoms. The van der Waals surface area contributed by atoms with Gasteiger partial charge in [-0.25, -0.2) is 9.78 Å². The minimum atomic E-state index is -0.445. The molecule has 2 aromatic heterocycles. The van der Waals surface area contributed by atoms with Crippen molar-refractivity contribution in [1.29, 1.82) is 0 Å². The topological polar surface area (TPSA) is 74.3 Å². The first-order chi connectivity index (χ1) is 14.9. The summed E-state index contributed by atoms with van der Waals surface area (Å²) in [5.41, 5.74) is 1.95. The molecule has 0 aliphatic carbocycles. The maximum absolute atomic E-state index is 13.1. The van der Waals surface area contributed by atoms with Gasteiger partial charge in [0.05, 0.1) is 24.1 Å². The summed E-state index contributed by atoms with van der Waals surface area (Å²) in [6.07, 6.45) is 0. The average molecular weight is 477 g/mol. The molecular weight excluding hydrogens is 459 g/mol. The van der Waals surface area contributed by atoms with E-state index < -0.39 is 5.63 Å². The highest BCUT2D eigenvalue weighted by molar-refractivity contribution is 7.98. The number of thioether (sulfide) groups is 1. The number of hydrogen-bond acceptors (Lipinski definition) is 6. The van der Waals surface area contributed by atoms with E-state index >= 15 is 0 Å². The minimum Gasteiger partial charge on any atom is -0.423 e. The molecule has 0 amide bonds. The zero-order valence-electron chi connectivity index (χ0n) is 16.8. The van der Waals surface area contributed by atoms with Gasteiger partial charge in [0.15, 0.2) is 5.16 Å². The van der Waals surface area contributed by atoms with Crippen LogP contribution < -0.4 is 11.2 Å². The zero-order chi connectivity index (χ0) is 22.1. The lowest BCUT2D eigenvalue weighted by Gasteiger charge is -2.13. The van der Waals surface area contributed by atoms with Crippen molar-refractivity contribution in [3.05, 3.63) is 78.3 Å². The summed E-state index contributed by atoms with van der Waals surface area (Å²) in [5, 5.41) is 2.83. The van der Waals surface area contributed by atoms with Crippen molar-refractivity contribution in [2.75, 3.05) is 13.7 Å². The Labute approximate surface area is 191 Å². The third-order valence-corrected chi connectivity index (χ3v) is 6.54. The molecule has 9 heteroatoms. The standard InChI is InChI=1S/C22H18Cl2N2O4S/c1-12-7-19-16(10-17(12)24)13(8-20(27)30-19)11-31-22-25-18-9-14(23)3-4-15(18)21(28)26(22)5-6-29-2/h3-4,7-10H,5-6,11H2,1-2H3. The monoisotopic (exact) mass is 476 g/mol. The van der Waals surface area contributed by atoms with Gasteiger partial charge in [-0.1, -0.05) is 35.0 Å². The Hall–Kier alpha value is -2.32. The van der Waals surface area contributed by atoms with E-state index in [0.29, 0.717) is 50.6 Å². The number of nitrogens with zero attached hydrogens (tertiary/aromatic N) is 2. The lowest BCUT2D eigenvalue weighted by atomic mass is 10.1. The Bertz CT molecular complexity index is 1420. The van der Waals surface area contributed by atoms with Crippen LogP contribution in [0.15, 0.2) is 55.6 Å². The van der Waals surface area contributed by atoms with E-state index in [1.807, 2.05) is 6.92 Å². The van der Waals surface area contributed by atoms with Crippen molar-refractivity contribution < 1.29 is 9.15 Å². The maximum Gasteiger partial charge on any atom is 0.336 e. The lowest BCUT2D eigenvalue weighted by molar-refractivity contribution is 0.183. The summed E-state index contributed by atoms with van der Waals surface area (Å²) in [4.78, 5) is 29.8. The second-order valence-corrected chi connectivity index (χ2v) is 8.77. The van der Waals surface area contributed by atoms with Crippen molar-refractivity contribution in [2.45, 2.75) is 24.4 Å². The minimum absolute atomic E-state index is 0.169. The largest absolute Gasteiger partial charge is 0.423 e. The molecule has 0 saturated heterocycles. The number of ether oxygens (including phenoxy) is 1. The highest BCUT2D eigenvalue weighted by Crippen LogP contribution is 2.29. The molecule has 0 bridgehead atoms. The van der Waals surface area contributed by atoms with E-state index in [9.17, 15) is 9.59 Å². The van der Waals surface area contributed by atoms with E-state index in [0.717, 1.165) is 16.5 Å². The van der Waals surface area contributed by atoms with Gasteiger partial charge < -0.3 is 9.15 Å². The lowest BCUT2D eigenvalue weighted by Crippen LogP contribution is -2.25. The number of rotatable bonds is 6. The molecule has 0 N–H and O–H groups in total. The summed E-state index contributed by atoms with van der Waals surface area (Å²) in [5.74, 6) is 0.396. The first kappa shape index (κ1) is 21.9. The highest BCUT2D eigenvalue weighted by atomic mass is 35.5. The Balaban J connectivity index is 1.79. The Morgan fingerprint density at radius 1 is 1.13 bits per heavy atom. The molecule has 0 spiro atoms. The number of fused-ring (bicyclic) bond motifs is 2. The molecule has 4 aromatic rings. The Morgan fingerprint density at radius 2 is 1.94 bits per heavy atom. The first-order valence-corrected chi connectivity index (χ1v) is 11.2. The molecule has 0 atom stereocenters. The normalized spacial score (nSPS) is 11.5. The molecule has 0 saturated carbocycles. The number of aryl methyl sites for hydroxylation is 1. The van der Waals surface area contributed by atoms with Crippen LogP contribution in [0.4, 0.5) is 0 Å². The molecule has 0 aliphatic rings. The maximum atomic E-state index is 13.1. The predicted octanol–water partition coefficient (Wildman–Crippen LogP) is 5.06. The van der Waals surface area contributed by atoms with Gasteiger partial charge in [-0.3, -0.25) is 9.36 Å². The second-order valence-electron chi connectivity index (χ2n) is 6.98. The van der Waals surface area contributed by atoms with Crippen LogP contribution in [0.3, 0.4) is 0 Å². The summed E-state index contributed by atoms with van der Waals surface area (Å²) in [7, 11) is 1.58. The number of methoxy groups -OCH3 is 1. The molecule has 0 aliphatic heterocycles.